The van der Waals surface area contributed by atoms with Gasteiger partial charge in [-0.1, -0.05) is 6.07 Å². The number of aromatic nitrogens is 1. The van der Waals surface area contributed by atoms with Gasteiger partial charge in [-0.15, -0.1) is 0 Å². The van der Waals surface area contributed by atoms with E-state index in [0.29, 0.717) is 5.56 Å². The van der Waals surface area contributed by atoms with Gasteiger partial charge in [-0.2, -0.15) is 0 Å². The van der Waals surface area contributed by atoms with E-state index in [1.807, 2.05) is 0 Å². The number of ether oxygens (including phenoxy) is 1. The van der Waals surface area contributed by atoms with Gasteiger partial charge < -0.3 is 10.5 Å². The molecule has 8 nitrogen and oxygen atoms in total. The lowest BCUT2D eigenvalue weighted by Gasteiger charge is -2.45. The molecule has 0 amide bonds. The van der Waals surface area contributed by atoms with Gasteiger partial charge in [-0.05, 0) is 36.2 Å². The number of pyridine rings is 1. The van der Waals surface area contributed by atoms with Crippen LogP contribution < -0.4 is 5.73 Å². The Morgan fingerprint density at radius 3 is 2.81 bits per heavy atom. The number of carbonyl (C=O) groups is 1. The summed E-state index contributed by atoms with van der Waals surface area (Å²) in [6.07, 6.45) is 0.915. The van der Waals surface area contributed by atoms with E-state index < -0.39 is 38.2 Å². The molecule has 1 aromatic heterocycles. The van der Waals surface area contributed by atoms with Gasteiger partial charge in [0, 0.05) is 25.6 Å². The molecule has 0 saturated carbocycles. The van der Waals surface area contributed by atoms with Gasteiger partial charge in [0.1, 0.15) is 28.1 Å². The highest BCUT2D eigenvalue weighted by Crippen LogP contribution is 2.43. The van der Waals surface area contributed by atoms with Gasteiger partial charge in [0.15, 0.2) is 5.78 Å². The zero-order valence-corrected chi connectivity index (χ0v) is 17.4. The average Bonchev–Trinajstić information content (AvgIpc) is 2.74. The molecule has 11 heteroatoms. The number of fused-ring (bicyclic) bond motifs is 1. The van der Waals surface area contributed by atoms with E-state index in [0.717, 1.165) is 22.6 Å². The van der Waals surface area contributed by atoms with Crippen LogP contribution in [0.25, 0.3) is 0 Å². The number of carbonyl (C=O) groups excluding carboxylic acids is 1. The molecule has 2 aromatic rings. The maximum Gasteiger partial charge on any atom is 0.242 e. The first-order valence-corrected chi connectivity index (χ1v) is 11.0. The zero-order chi connectivity index (χ0) is 22.4. The van der Waals surface area contributed by atoms with Crippen LogP contribution in [0.15, 0.2) is 41.5 Å². The van der Waals surface area contributed by atoms with Crippen molar-refractivity contribution < 1.29 is 26.7 Å². The van der Waals surface area contributed by atoms with Crippen molar-refractivity contribution >= 4 is 21.8 Å². The Morgan fingerprint density at radius 1 is 1.32 bits per heavy atom. The number of ketones is 1. The van der Waals surface area contributed by atoms with Crippen molar-refractivity contribution in [1.82, 2.24) is 9.29 Å². The van der Waals surface area contributed by atoms with Gasteiger partial charge >= 0.3 is 0 Å². The molecule has 31 heavy (non-hydrogen) atoms. The quantitative estimate of drug-likeness (QED) is 0.704. The Kier molecular flexibility index (Phi) is 5.26. The molecule has 1 fully saturated rings. The third kappa shape index (κ3) is 3.57. The number of rotatable bonds is 4. The Labute approximate surface area is 177 Å². The van der Waals surface area contributed by atoms with Crippen LogP contribution in [0.1, 0.15) is 28.0 Å². The standard InChI is InChI=1S/C20H20F2N4O4S/c1-26-19(23)25-20(11-30-7-6-18(20)31(26,28)29)14-8-12(2-4-15(14)22)9-17(27)16-5-3-13(21)10-24-16/h2-5,8,10,18H,6-7,9,11H2,1H3,(H2,23,25)/t18?,20-/m1/s1. The third-order valence-electron chi connectivity index (χ3n) is 5.63. The number of nitrogens with zero attached hydrogens (tertiary/aromatic N) is 3. The number of hydrogen-bond donors (Lipinski definition) is 1. The van der Waals surface area contributed by atoms with Crippen molar-refractivity contribution in [2.45, 2.75) is 23.6 Å². The molecule has 2 atom stereocenters. The molecule has 0 aliphatic carbocycles. The topological polar surface area (TPSA) is 115 Å². The number of halogens is 2. The highest BCUT2D eigenvalue weighted by atomic mass is 32.2. The second-order valence-corrected chi connectivity index (χ2v) is 9.66. The van der Waals surface area contributed by atoms with Crippen LogP contribution in [0.4, 0.5) is 8.78 Å². The molecular formula is C20H20F2N4O4S. The van der Waals surface area contributed by atoms with Crippen molar-refractivity contribution in [2.24, 2.45) is 10.7 Å². The second-order valence-electron chi connectivity index (χ2n) is 7.51. The second kappa shape index (κ2) is 7.65. The molecule has 2 N–H and O–H groups in total. The van der Waals surface area contributed by atoms with Gasteiger partial charge in [-0.25, -0.2) is 26.5 Å². The molecule has 0 spiro atoms. The number of Topliss-reactive ketones (excluding diaryl/α,β-unsaturated/α-hetero) is 1. The van der Waals surface area contributed by atoms with Gasteiger partial charge in [0.25, 0.3) is 0 Å². The Hall–Kier alpha value is -2.92. The molecule has 2 aliphatic heterocycles. The lowest BCUT2D eigenvalue weighted by molar-refractivity contribution is 0.0360. The van der Waals surface area contributed by atoms with E-state index in [2.05, 4.69) is 9.98 Å². The van der Waals surface area contributed by atoms with E-state index in [1.165, 1.54) is 25.2 Å². The summed E-state index contributed by atoms with van der Waals surface area (Å²) in [5.41, 5.74) is 4.79. The number of nitrogens with two attached hydrogens (primary N) is 1. The highest BCUT2D eigenvalue weighted by molar-refractivity contribution is 7.90. The summed E-state index contributed by atoms with van der Waals surface area (Å²) in [7, 11) is -2.60. The fraction of sp³-hybridized carbons (Fsp3) is 0.350. The van der Waals surface area contributed by atoms with E-state index in [9.17, 15) is 22.0 Å². The normalized spacial score (nSPS) is 24.9. The smallest absolute Gasteiger partial charge is 0.242 e. The minimum Gasteiger partial charge on any atom is -0.378 e. The van der Waals surface area contributed by atoms with Gasteiger partial charge in [0.05, 0.1) is 12.8 Å². The summed E-state index contributed by atoms with van der Waals surface area (Å²) in [6.45, 7) is 0.0181. The molecule has 4 rings (SSSR count). The summed E-state index contributed by atoms with van der Waals surface area (Å²) in [5.74, 6) is -1.91. The Balaban J connectivity index is 1.77. The Morgan fingerprint density at radius 2 is 2.10 bits per heavy atom. The average molecular weight is 450 g/mol. The highest BCUT2D eigenvalue weighted by Gasteiger charge is 2.56. The summed E-state index contributed by atoms with van der Waals surface area (Å²) in [6, 6.07) is 6.38. The first-order valence-electron chi connectivity index (χ1n) is 9.49. The first kappa shape index (κ1) is 21.3. The van der Waals surface area contributed by atoms with Crippen LogP contribution in [-0.2, 0) is 26.7 Å². The van der Waals surface area contributed by atoms with Crippen molar-refractivity contribution in [3.63, 3.8) is 0 Å². The molecule has 0 radical (unpaired) electrons. The summed E-state index contributed by atoms with van der Waals surface area (Å²) < 4.78 is 60.5. The summed E-state index contributed by atoms with van der Waals surface area (Å²) >= 11 is 0. The van der Waals surface area contributed by atoms with E-state index in [1.54, 1.807) is 0 Å². The van der Waals surface area contributed by atoms with Crippen molar-refractivity contribution in [3.05, 3.63) is 65.0 Å². The maximum atomic E-state index is 15.0. The molecule has 164 valence electrons. The summed E-state index contributed by atoms with van der Waals surface area (Å²) in [5, 5.41) is -1.06. The van der Waals surface area contributed by atoms with Gasteiger partial charge in [-0.3, -0.25) is 9.78 Å². The van der Waals surface area contributed by atoms with Gasteiger partial charge in [0.2, 0.25) is 16.0 Å². The van der Waals surface area contributed by atoms with E-state index in [4.69, 9.17) is 10.5 Å². The molecule has 3 heterocycles. The number of sulfonamides is 1. The molecule has 1 aromatic carbocycles. The maximum absolute atomic E-state index is 15.0. The van der Waals surface area contributed by atoms with Crippen LogP contribution in [0.2, 0.25) is 0 Å². The van der Waals surface area contributed by atoms with Crippen LogP contribution in [0, 0.1) is 11.6 Å². The number of aliphatic imine (C=N–C) groups is 1. The molecule has 0 bridgehead atoms. The molecular weight excluding hydrogens is 430 g/mol. The largest absolute Gasteiger partial charge is 0.378 e. The van der Waals surface area contributed by atoms with Crippen LogP contribution >= 0.6 is 0 Å². The Bertz CT molecular complexity index is 1170. The van der Waals surface area contributed by atoms with E-state index in [-0.39, 0.29) is 43.3 Å². The SMILES string of the molecule is CN1C(N)=N[C@@]2(c3cc(CC(=O)c4ccc(F)cn4)ccc3F)COCCC2S1(=O)=O. The lowest BCUT2D eigenvalue weighted by Crippen LogP contribution is -2.61. The van der Waals surface area contributed by atoms with Crippen molar-refractivity contribution in [1.29, 1.82) is 0 Å². The number of benzene rings is 1. The monoisotopic (exact) mass is 450 g/mol. The van der Waals surface area contributed by atoms with Crippen molar-refractivity contribution in [2.75, 3.05) is 20.3 Å². The molecule has 1 unspecified atom stereocenters. The molecule has 1 saturated heterocycles. The van der Waals surface area contributed by atoms with Crippen LogP contribution in [-0.4, -0.2) is 55.0 Å². The fourth-order valence-electron chi connectivity index (χ4n) is 3.99. The van der Waals surface area contributed by atoms with E-state index >= 15 is 0 Å². The molecule has 2 aliphatic rings. The van der Waals surface area contributed by atoms with Crippen molar-refractivity contribution in [3.8, 4) is 0 Å². The minimum absolute atomic E-state index is 0.00538. The van der Waals surface area contributed by atoms with Crippen LogP contribution in [0.5, 0.6) is 0 Å². The van der Waals surface area contributed by atoms with Crippen LogP contribution in [0.3, 0.4) is 0 Å². The lowest BCUT2D eigenvalue weighted by atomic mass is 9.83. The number of guanidine groups is 1. The predicted molar refractivity (Wildman–Crippen MR) is 108 cm³/mol. The third-order valence-corrected chi connectivity index (χ3v) is 7.93. The zero-order valence-electron chi connectivity index (χ0n) is 16.6. The minimum atomic E-state index is -3.90. The fourth-order valence-corrected chi connectivity index (χ4v) is 5.81. The predicted octanol–water partition coefficient (Wildman–Crippen LogP) is 1.36. The summed E-state index contributed by atoms with van der Waals surface area (Å²) in [4.78, 5) is 20.7. The number of hydrogen-bond acceptors (Lipinski definition) is 7. The first-order chi connectivity index (χ1) is 14.6.